The summed E-state index contributed by atoms with van der Waals surface area (Å²) in [4.78, 5) is 4.06. The zero-order chi connectivity index (χ0) is 13.0. The van der Waals surface area contributed by atoms with Crippen molar-refractivity contribution >= 4 is 43.9 Å². The monoisotopic (exact) mass is 369 g/mol. The maximum absolute atomic E-state index is 9.82. The molecule has 0 aliphatic rings. The second kappa shape index (κ2) is 5.97. The SMILES string of the molecule is Oc1c(Br)cc(Br)cc1C=NNc1ccccn1. The lowest BCUT2D eigenvalue weighted by Crippen LogP contribution is -1.93. The second-order valence-corrected chi connectivity index (χ2v) is 5.18. The first-order chi connectivity index (χ1) is 8.66. The van der Waals surface area contributed by atoms with Crippen molar-refractivity contribution < 1.29 is 5.11 Å². The quantitative estimate of drug-likeness (QED) is 0.638. The van der Waals surface area contributed by atoms with Crippen LogP contribution in [0.3, 0.4) is 0 Å². The molecule has 0 aliphatic heterocycles. The van der Waals surface area contributed by atoms with Crippen LogP contribution in [0.2, 0.25) is 0 Å². The molecular formula is C12H9Br2N3O. The minimum Gasteiger partial charge on any atom is -0.506 e. The molecule has 0 amide bonds. The highest BCUT2D eigenvalue weighted by atomic mass is 79.9. The molecule has 1 heterocycles. The summed E-state index contributed by atoms with van der Waals surface area (Å²) in [5.74, 6) is 0.784. The van der Waals surface area contributed by atoms with Crippen LogP contribution in [0.15, 0.2) is 50.6 Å². The number of phenolic OH excluding ortho intramolecular Hbond substituents is 1. The van der Waals surface area contributed by atoms with Gasteiger partial charge in [-0.2, -0.15) is 5.10 Å². The highest BCUT2D eigenvalue weighted by molar-refractivity contribution is 9.11. The van der Waals surface area contributed by atoms with Crippen LogP contribution in [-0.2, 0) is 0 Å². The van der Waals surface area contributed by atoms with Gasteiger partial charge in [-0.05, 0) is 40.2 Å². The van der Waals surface area contributed by atoms with E-state index in [0.717, 1.165) is 4.47 Å². The average molecular weight is 371 g/mol. The number of aromatic hydroxyl groups is 1. The zero-order valence-corrected chi connectivity index (χ0v) is 12.3. The van der Waals surface area contributed by atoms with Gasteiger partial charge in [0.2, 0.25) is 0 Å². The lowest BCUT2D eigenvalue weighted by Gasteiger charge is -2.03. The van der Waals surface area contributed by atoms with Gasteiger partial charge in [0.1, 0.15) is 11.6 Å². The van der Waals surface area contributed by atoms with Crippen molar-refractivity contribution in [2.75, 3.05) is 5.43 Å². The van der Waals surface area contributed by atoms with Crippen molar-refractivity contribution in [3.05, 3.63) is 51.0 Å². The summed E-state index contributed by atoms with van der Waals surface area (Å²) in [7, 11) is 0. The van der Waals surface area contributed by atoms with Gasteiger partial charge in [0.05, 0.1) is 10.7 Å². The van der Waals surface area contributed by atoms with Gasteiger partial charge >= 0.3 is 0 Å². The Balaban J connectivity index is 2.15. The van der Waals surface area contributed by atoms with E-state index < -0.39 is 0 Å². The first kappa shape index (κ1) is 13.0. The van der Waals surface area contributed by atoms with E-state index in [2.05, 4.69) is 47.4 Å². The third kappa shape index (κ3) is 3.30. The molecule has 0 unspecified atom stereocenters. The van der Waals surface area contributed by atoms with Crippen molar-refractivity contribution in [1.82, 2.24) is 4.98 Å². The van der Waals surface area contributed by atoms with Crippen LogP contribution in [0.4, 0.5) is 5.82 Å². The molecule has 18 heavy (non-hydrogen) atoms. The van der Waals surface area contributed by atoms with Crippen LogP contribution in [0.5, 0.6) is 5.75 Å². The van der Waals surface area contributed by atoms with Gasteiger partial charge in [-0.3, -0.25) is 5.43 Å². The highest BCUT2D eigenvalue weighted by Gasteiger charge is 2.04. The van der Waals surface area contributed by atoms with Crippen molar-refractivity contribution in [3.8, 4) is 5.75 Å². The van der Waals surface area contributed by atoms with Crippen molar-refractivity contribution in [3.63, 3.8) is 0 Å². The number of benzene rings is 1. The predicted molar refractivity (Wildman–Crippen MR) is 79.0 cm³/mol. The summed E-state index contributed by atoms with van der Waals surface area (Å²) < 4.78 is 1.46. The molecule has 6 heteroatoms. The second-order valence-electron chi connectivity index (χ2n) is 3.41. The van der Waals surface area contributed by atoms with Crippen LogP contribution < -0.4 is 5.43 Å². The number of pyridine rings is 1. The first-order valence-electron chi connectivity index (χ1n) is 5.05. The smallest absolute Gasteiger partial charge is 0.146 e. The minimum atomic E-state index is 0.143. The number of nitrogens with zero attached hydrogens (tertiary/aromatic N) is 2. The van der Waals surface area contributed by atoms with Gasteiger partial charge in [-0.15, -0.1) is 0 Å². The molecular weight excluding hydrogens is 362 g/mol. The maximum atomic E-state index is 9.82. The fourth-order valence-electron chi connectivity index (χ4n) is 1.28. The molecule has 0 saturated heterocycles. The Labute approximate surface area is 121 Å². The molecule has 0 fully saturated rings. The molecule has 2 rings (SSSR count). The van der Waals surface area contributed by atoms with E-state index in [1.165, 1.54) is 6.21 Å². The Kier molecular flexibility index (Phi) is 4.33. The molecule has 0 saturated carbocycles. The number of hydrogen-bond donors (Lipinski definition) is 2. The number of nitrogens with one attached hydrogen (secondary N) is 1. The lowest BCUT2D eigenvalue weighted by atomic mass is 10.2. The summed E-state index contributed by atoms with van der Waals surface area (Å²) in [6, 6.07) is 9.01. The topological polar surface area (TPSA) is 57.5 Å². The van der Waals surface area contributed by atoms with Crippen LogP contribution in [-0.4, -0.2) is 16.3 Å². The summed E-state index contributed by atoms with van der Waals surface area (Å²) in [5, 5.41) is 13.8. The van der Waals surface area contributed by atoms with Gasteiger partial charge in [0.15, 0.2) is 0 Å². The van der Waals surface area contributed by atoms with Gasteiger partial charge in [-0.25, -0.2) is 4.98 Å². The number of hydrogen-bond acceptors (Lipinski definition) is 4. The Morgan fingerprint density at radius 2 is 2.11 bits per heavy atom. The van der Waals surface area contributed by atoms with Gasteiger partial charge in [-0.1, -0.05) is 22.0 Å². The van der Waals surface area contributed by atoms with Crippen LogP contribution in [0, 0.1) is 0 Å². The molecule has 0 bridgehead atoms. The number of rotatable bonds is 3. The number of phenols is 1. The average Bonchev–Trinajstić information content (AvgIpc) is 2.36. The van der Waals surface area contributed by atoms with E-state index >= 15 is 0 Å². The molecule has 0 radical (unpaired) electrons. The van der Waals surface area contributed by atoms with E-state index in [0.29, 0.717) is 15.9 Å². The van der Waals surface area contributed by atoms with Gasteiger partial charge in [0.25, 0.3) is 0 Å². The molecule has 0 spiro atoms. The molecule has 92 valence electrons. The summed E-state index contributed by atoms with van der Waals surface area (Å²) >= 11 is 6.61. The maximum Gasteiger partial charge on any atom is 0.146 e. The molecule has 0 atom stereocenters. The fraction of sp³-hybridized carbons (Fsp3) is 0. The van der Waals surface area contributed by atoms with Crippen molar-refractivity contribution in [2.45, 2.75) is 0 Å². The first-order valence-corrected chi connectivity index (χ1v) is 6.63. The normalized spacial score (nSPS) is 10.8. The Bertz CT molecular complexity index is 573. The third-order valence-corrected chi connectivity index (χ3v) is 3.17. The zero-order valence-electron chi connectivity index (χ0n) is 9.14. The molecule has 4 nitrogen and oxygen atoms in total. The van der Waals surface area contributed by atoms with Crippen LogP contribution in [0.25, 0.3) is 0 Å². The standard InChI is InChI=1S/C12H9Br2N3O/c13-9-5-8(12(18)10(14)6-9)7-16-17-11-3-1-2-4-15-11/h1-7,18H,(H,15,17). The number of halogens is 2. The Morgan fingerprint density at radius 1 is 1.28 bits per heavy atom. The minimum absolute atomic E-state index is 0.143. The largest absolute Gasteiger partial charge is 0.506 e. The van der Waals surface area contributed by atoms with Gasteiger partial charge in [0, 0.05) is 16.2 Å². The summed E-state index contributed by atoms with van der Waals surface area (Å²) in [6.45, 7) is 0. The van der Waals surface area contributed by atoms with E-state index in [-0.39, 0.29) is 5.75 Å². The number of hydrazone groups is 1. The fourth-order valence-corrected chi connectivity index (χ4v) is 2.54. The van der Waals surface area contributed by atoms with E-state index in [1.807, 2.05) is 12.1 Å². The molecule has 1 aromatic heterocycles. The molecule has 2 N–H and O–H groups in total. The van der Waals surface area contributed by atoms with E-state index in [1.54, 1.807) is 24.4 Å². The lowest BCUT2D eigenvalue weighted by molar-refractivity contribution is 0.471. The van der Waals surface area contributed by atoms with E-state index in [9.17, 15) is 5.11 Å². The summed E-state index contributed by atoms with van der Waals surface area (Å²) in [5.41, 5.74) is 3.37. The summed E-state index contributed by atoms with van der Waals surface area (Å²) in [6.07, 6.45) is 3.20. The Morgan fingerprint density at radius 3 is 2.83 bits per heavy atom. The highest BCUT2D eigenvalue weighted by Crippen LogP contribution is 2.30. The molecule has 1 aromatic carbocycles. The predicted octanol–water partition coefficient (Wildman–Crippen LogP) is 3.76. The van der Waals surface area contributed by atoms with Crippen LogP contribution >= 0.6 is 31.9 Å². The number of aromatic nitrogens is 1. The molecule has 2 aromatic rings. The third-order valence-electron chi connectivity index (χ3n) is 2.11. The number of anilines is 1. The Hall–Kier alpha value is -1.40. The van der Waals surface area contributed by atoms with Crippen molar-refractivity contribution in [1.29, 1.82) is 0 Å². The van der Waals surface area contributed by atoms with Crippen molar-refractivity contribution in [2.24, 2.45) is 5.10 Å². The van der Waals surface area contributed by atoms with E-state index in [4.69, 9.17) is 0 Å². The van der Waals surface area contributed by atoms with Crippen LogP contribution in [0.1, 0.15) is 5.56 Å². The molecule has 0 aliphatic carbocycles. The van der Waals surface area contributed by atoms with Gasteiger partial charge < -0.3 is 5.11 Å².